The van der Waals surface area contributed by atoms with Crippen LogP contribution in [0.1, 0.15) is 40.0 Å². The van der Waals surface area contributed by atoms with Crippen LogP contribution in [-0.2, 0) is 0 Å². The Bertz CT molecular complexity index is 129. The molecule has 0 aliphatic rings. The highest BCUT2D eigenvalue weighted by Gasteiger charge is 2.12. The first-order chi connectivity index (χ1) is 5.79. The van der Waals surface area contributed by atoms with E-state index in [9.17, 15) is 0 Å². The number of hydrogen-bond donors (Lipinski definition) is 0. The summed E-state index contributed by atoms with van der Waals surface area (Å²) in [6.45, 7) is 10.5. The molecule has 0 saturated heterocycles. The average molecular weight is 166 g/mol. The van der Waals surface area contributed by atoms with Gasteiger partial charge in [-0.3, -0.25) is 0 Å². The molecule has 0 nitrogen and oxygen atoms in total. The Morgan fingerprint density at radius 2 is 1.67 bits per heavy atom. The molecule has 0 aliphatic heterocycles. The minimum atomic E-state index is 0.748. The van der Waals surface area contributed by atoms with Gasteiger partial charge in [0, 0.05) is 0 Å². The van der Waals surface area contributed by atoms with Crippen molar-refractivity contribution in [2.45, 2.75) is 40.0 Å². The molecular formula is C12H22. The predicted molar refractivity (Wildman–Crippen MR) is 57.2 cm³/mol. The van der Waals surface area contributed by atoms with Crippen molar-refractivity contribution < 1.29 is 0 Å². The Labute approximate surface area is 77.4 Å². The fourth-order valence-corrected chi connectivity index (χ4v) is 1.74. The molecular weight excluding hydrogens is 144 g/mol. The van der Waals surface area contributed by atoms with Crippen molar-refractivity contribution in [2.24, 2.45) is 11.8 Å². The van der Waals surface area contributed by atoms with Crippen LogP contribution in [0.2, 0.25) is 0 Å². The molecule has 1 unspecified atom stereocenters. The molecule has 0 aliphatic carbocycles. The van der Waals surface area contributed by atoms with E-state index in [-0.39, 0.29) is 0 Å². The second kappa shape index (κ2) is 7.15. The van der Waals surface area contributed by atoms with Gasteiger partial charge in [-0.05, 0) is 18.3 Å². The molecule has 0 rings (SSSR count). The highest BCUT2D eigenvalue weighted by molar-refractivity contribution is 5.01. The minimum absolute atomic E-state index is 0.748. The average Bonchev–Trinajstić information content (AvgIpc) is 2.12. The van der Waals surface area contributed by atoms with Crippen LogP contribution in [0.3, 0.4) is 0 Å². The van der Waals surface area contributed by atoms with Crippen LogP contribution in [0.25, 0.3) is 0 Å². The largest absolute Gasteiger partial charge is 0.0991 e. The lowest BCUT2D eigenvalue weighted by atomic mass is 9.86. The Morgan fingerprint density at radius 3 is 2.00 bits per heavy atom. The van der Waals surface area contributed by atoms with E-state index in [1.165, 1.54) is 19.3 Å². The van der Waals surface area contributed by atoms with Crippen molar-refractivity contribution in [1.82, 2.24) is 0 Å². The number of hydrogen-bond acceptors (Lipinski definition) is 0. The Balaban J connectivity index is 4.09. The molecule has 0 aromatic heterocycles. The first-order valence-electron chi connectivity index (χ1n) is 5.09. The second-order valence-corrected chi connectivity index (χ2v) is 3.27. The van der Waals surface area contributed by atoms with E-state index in [4.69, 9.17) is 0 Å². The fraction of sp³-hybridized carbons (Fsp3) is 0.667. The van der Waals surface area contributed by atoms with Crippen molar-refractivity contribution in [3.8, 4) is 0 Å². The molecule has 0 spiro atoms. The van der Waals surface area contributed by atoms with Gasteiger partial charge in [0.1, 0.15) is 0 Å². The van der Waals surface area contributed by atoms with Gasteiger partial charge in [-0.15, -0.1) is 0 Å². The summed E-state index contributed by atoms with van der Waals surface area (Å²) in [5, 5.41) is 0. The lowest BCUT2D eigenvalue weighted by Gasteiger charge is -2.20. The zero-order chi connectivity index (χ0) is 9.40. The Morgan fingerprint density at radius 1 is 1.08 bits per heavy atom. The van der Waals surface area contributed by atoms with Gasteiger partial charge in [0.25, 0.3) is 0 Å². The molecule has 0 saturated carbocycles. The third-order valence-electron chi connectivity index (χ3n) is 2.62. The van der Waals surface area contributed by atoms with Crippen LogP contribution >= 0.6 is 0 Å². The molecule has 0 aromatic carbocycles. The van der Waals surface area contributed by atoms with Gasteiger partial charge < -0.3 is 0 Å². The van der Waals surface area contributed by atoms with Gasteiger partial charge >= 0.3 is 0 Å². The summed E-state index contributed by atoms with van der Waals surface area (Å²) in [6, 6.07) is 0. The lowest BCUT2D eigenvalue weighted by Crippen LogP contribution is -2.09. The summed E-state index contributed by atoms with van der Waals surface area (Å²) >= 11 is 0. The van der Waals surface area contributed by atoms with Crippen LogP contribution < -0.4 is 0 Å². The molecule has 0 bridgehead atoms. The maximum Gasteiger partial charge on any atom is -0.0205 e. The molecule has 1 atom stereocenters. The quantitative estimate of drug-likeness (QED) is 0.519. The normalized spacial score (nSPS) is 14.0. The van der Waals surface area contributed by atoms with E-state index in [1.807, 2.05) is 6.08 Å². The molecule has 0 heterocycles. The van der Waals surface area contributed by atoms with E-state index < -0.39 is 0 Å². The van der Waals surface area contributed by atoms with E-state index in [0.29, 0.717) is 0 Å². The molecule has 12 heavy (non-hydrogen) atoms. The zero-order valence-corrected chi connectivity index (χ0v) is 8.72. The highest BCUT2D eigenvalue weighted by atomic mass is 14.2. The van der Waals surface area contributed by atoms with Gasteiger partial charge in [-0.2, -0.15) is 0 Å². The van der Waals surface area contributed by atoms with Gasteiger partial charge in [-0.25, -0.2) is 0 Å². The van der Waals surface area contributed by atoms with Gasteiger partial charge in [0.05, 0.1) is 0 Å². The Kier molecular flexibility index (Phi) is 6.84. The van der Waals surface area contributed by atoms with E-state index in [1.54, 1.807) is 0 Å². The standard InChI is InChI=1S/C12H22/c1-5-9-10-12(8-4)11(6-2)7-3/h5,9-12H,1,6-8H2,2-4H3/b10-9+. The Hall–Kier alpha value is -0.520. The smallest absolute Gasteiger partial charge is 0.0205 e. The van der Waals surface area contributed by atoms with Crippen LogP contribution in [0.4, 0.5) is 0 Å². The van der Waals surface area contributed by atoms with E-state index >= 15 is 0 Å². The van der Waals surface area contributed by atoms with Gasteiger partial charge in [-0.1, -0.05) is 58.4 Å². The molecule has 0 N–H and O–H groups in total. The third kappa shape index (κ3) is 3.75. The zero-order valence-electron chi connectivity index (χ0n) is 8.72. The summed E-state index contributed by atoms with van der Waals surface area (Å²) in [6.07, 6.45) is 10.1. The molecule has 0 radical (unpaired) electrons. The highest BCUT2D eigenvalue weighted by Crippen LogP contribution is 2.23. The summed E-state index contributed by atoms with van der Waals surface area (Å²) < 4.78 is 0. The van der Waals surface area contributed by atoms with Crippen LogP contribution in [0.5, 0.6) is 0 Å². The molecule has 0 fully saturated rings. The van der Waals surface area contributed by atoms with Gasteiger partial charge in [0.2, 0.25) is 0 Å². The first kappa shape index (κ1) is 11.5. The summed E-state index contributed by atoms with van der Waals surface area (Å²) in [7, 11) is 0. The maximum absolute atomic E-state index is 3.69. The number of allylic oxidation sites excluding steroid dienone is 3. The minimum Gasteiger partial charge on any atom is -0.0991 e. The number of rotatable bonds is 6. The first-order valence-corrected chi connectivity index (χ1v) is 5.09. The topological polar surface area (TPSA) is 0 Å². The summed E-state index contributed by atoms with van der Waals surface area (Å²) in [4.78, 5) is 0. The van der Waals surface area contributed by atoms with Crippen LogP contribution in [0, 0.1) is 11.8 Å². The fourth-order valence-electron chi connectivity index (χ4n) is 1.74. The summed E-state index contributed by atoms with van der Waals surface area (Å²) in [5.41, 5.74) is 0. The SMILES string of the molecule is C=C/C=C/C(CC)C(CC)CC. The van der Waals surface area contributed by atoms with E-state index in [2.05, 4.69) is 39.5 Å². The van der Waals surface area contributed by atoms with Crippen molar-refractivity contribution in [3.63, 3.8) is 0 Å². The van der Waals surface area contributed by atoms with Crippen molar-refractivity contribution >= 4 is 0 Å². The predicted octanol–water partition coefficient (Wildman–Crippen LogP) is 4.19. The van der Waals surface area contributed by atoms with Crippen LogP contribution in [0.15, 0.2) is 24.8 Å². The van der Waals surface area contributed by atoms with Crippen molar-refractivity contribution in [3.05, 3.63) is 24.8 Å². The molecule has 0 heteroatoms. The summed E-state index contributed by atoms with van der Waals surface area (Å²) in [5.74, 6) is 1.60. The molecule has 70 valence electrons. The monoisotopic (exact) mass is 166 g/mol. The second-order valence-electron chi connectivity index (χ2n) is 3.27. The third-order valence-corrected chi connectivity index (χ3v) is 2.62. The van der Waals surface area contributed by atoms with Crippen molar-refractivity contribution in [2.75, 3.05) is 0 Å². The van der Waals surface area contributed by atoms with E-state index in [0.717, 1.165) is 11.8 Å². The van der Waals surface area contributed by atoms with Crippen molar-refractivity contribution in [1.29, 1.82) is 0 Å². The van der Waals surface area contributed by atoms with Crippen LogP contribution in [-0.4, -0.2) is 0 Å². The molecule has 0 aromatic rings. The van der Waals surface area contributed by atoms with Gasteiger partial charge in [0.15, 0.2) is 0 Å². The maximum atomic E-state index is 3.69. The lowest BCUT2D eigenvalue weighted by molar-refractivity contribution is 0.362. The molecule has 0 amide bonds.